The Morgan fingerprint density at radius 3 is 2.76 bits per heavy atom. The van der Waals surface area contributed by atoms with Crippen molar-refractivity contribution < 1.29 is 14.3 Å². The summed E-state index contributed by atoms with van der Waals surface area (Å²) in [6.07, 6.45) is 5.38. The van der Waals surface area contributed by atoms with E-state index < -0.39 is 0 Å². The van der Waals surface area contributed by atoms with Gasteiger partial charge in [-0.1, -0.05) is 18.2 Å². The topological polar surface area (TPSA) is 63.7 Å². The van der Waals surface area contributed by atoms with Crippen LogP contribution in [0.25, 0.3) is 0 Å². The molecular formula is C23H29N3O3. The molecule has 3 heterocycles. The third kappa shape index (κ3) is 4.43. The molecule has 2 aromatic rings. The second-order valence-electron chi connectivity index (χ2n) is 8.08. The fourth-order valence-corrected chi connectivity index (χ4v) is 4.73. The number of carbonyl (C=O) groups is 1. The molecule has 1 spiro atoms. The smallest absolute Gasteiger partial charge is 0.225 e. The van der Waals surface area contributed by atoms with Crippen LogP contribution in [0.4, 0.5) is 0 Å². The molecule has 1 amide bonds. The van der Waals surface area contributed by atoms with Crippen molar-refractivity contribution >= 4 is 5.91 Å². The number of ether oxygens (including phenoxy) is 2. The normalized spacial score (nSPS) is 21.2. The number of benzene rings is 1. The van der Waals surface area contributed by atoms with E-state index in [0.29, 0.717) is 6.54 Å². The standard InChI is InChI=1S/C23H29N3O3/c1-28-21-5-3-2-4-19(21)15-26-16-20(23(17-26)8-12-29-13-9-23)22(27)25-14-18-6-10-24-11-7-18/h2-7,10-11,20H,8-9,12-17H2,1H3,(H,25,27). The zero-order valence-electron chi connectivity index (χ0n) is 17.0. The van der Waals surface area contributed by atoms with E-state index >= 15 is 0 Å². The van der Waals surface area contributed by atoms with Crippen LogP contribution < -0.4 is 10.1 Å². The van der Waals surface area contributed by atoms with Gasteiger partial charge in [-0.3, -0.25) is 14.7 Å². The zero-order valence-corrected chi connectivity index (χ0v) is 17.0. The van der Waals surface area contributed by atoms with Crippen LogP contribution in [-0.4, -0.2) is 49.2 Å². The minimum absolute atomic E-state index is 0.0113. The molecule has 1 N–H and O–H groups in total. The second-order valence-corrected chi connectivity index (χ2v) is 8.08. The number of para-hydroxylation sites is 1. The highest BCUT2D eigenvalue weighted by molar-refractivity contribution is 5.80. The number of pyridine rings is 1. The number of amides is 1. The van der Waals surface area contributed by atoms with Crippen molar-refractivity contribution in [2.75, 3.05) is 33.4 Å². The first kappa shape index (κ1) is 19.9. The van der Waals surface area contributed by atoms with Gasteiger partial charge in [0.2, 0.25) is 5.91 Å². The predicted molar refractivity (Wildman–Crippen MR) is 110 cm³/mol. The van der Waals surface area contributed by atoms with Gasteiger partial charge in [0.1, 0.15) is 5.75 Å². The molecule has 0 saturated carbocycles. The highest BCUT2D eigenvalue weighted by Crippen LogP contribution is 2.45. The summed E-state index contributed by atoms with van der Waals surface area (Å²) in [6.45, 7) is 4.48. The number of nitrogens with zero attached hydrogens (tertiary/aromatic N) is 2. The predicted octanol–water partition coefficient (Wildman–Crippen LogP) is 2.64. The molecule has 2 aliphatic heterocycles. The lowest BCUT2D eigenvalue weighted by molar-refractivity contribution is -0.130. The van der Waals surface area contributed by atoms with Gasteiger partial charge in [-0.15, -0.1) is 0 Å². The number of hydrogen-bond donors (Lipinski definition) is 1. The van der Waals surface area contributed by atoms with E-state index in [0.717, 1.165) is 62.6 Å². The van der Waals surface area contributed by atoms with Crippen LogP contribution in [0.15, 0.2) is 48.8 Å². The Labute approximate surface area is 172 Å². The van der Waals surface area contributed by atoms with Crippen LogP contribution in [0.2, 0.25) is 0 Å². The van der Waals surface area contributed by atoms with Crippen LogP contribution >= 0.6 is 0 Å². The Balaban J connectivity index is 1.47. The summed E-state index contributed by atoms with van der Waals surface area (Å²) < 4.78 is 11.1. The number of methoxy groups -OCH3 is 1. The van der Waals surface area contributed by atoms with Gasteiger partial charge in [-0.25, -0.2) is 0 Å². The third-order valence-electron chi connectivity index (χ3n) is 6.33. The van der Waals surface area contributed by atoms with E-state index in [1.54, 1.807) is 19.5 Å². The van der Waals surface area contributed by atoms with Gasteiger partial charge in [0.15, 0.2) is 0 Å². The Hall–Kier alpha value is -2.44. The van der Waals surface area contributed by atoms with E-state index in [4.69, 9.17) is 9.47 Å². The number of carbonyl (C=O) groups excluding carboxylic acids is 1. The van der Waals surface area contributed by atoms with Crippen molar-refractivity contribution in [3.63, 3.8) is 0 Å². The molecule has 2 aliphatic rings. The SMILES string of the molecule is COc1ccccc1CN1CC(C(=O)NCc2ccncc2)C2(CCOCC2)C1. The number of aromatic nitrogens is 1. The van der Waals surface area contributed by atoms with Crippen molar-refractivity contribution in [1.82, 2.24) is 15.2 Å². The maximum atomic E-state index is 13.2. The lowest BCUT2D eigenvalue weighted by Gasteiger charge is -2.37. The zero-order chi connectivity index (χ0) is 20.1. The van der Waals surface area contributed by atoms with Crippen molar-refractivity contribution in [3.05, 3.63) is 59.9 Å². The molecule has 0 aliphatic carbocycles. The monoisotopic (exact) mass is 395 g/mol. The number of hydrogen-bond acceptors (Lipinski definition) is 5. The van der Waals surface area contributed by atoms with Crippen LogP contribution in [0, 0.1) is 11.3 Å². The van der Waals surface area contributed by atoms with E-state index in [-0.39, 0.29) is 17.2 Å². The molecule has 2 saturated heterocycles. The first-order chi connectivity index (χ1) is 14.2. The van der Waals surface area contributed by atoms with Gasteiger partial charge in [-0.05, 0) is 36.6 Å². The van der Waals surface area contributed by atoms with E-state index in [9.17, 15) is 4.79 Å². The van der Waals surface area contributed by atoms with E-state index in [1.807, 2.05) is 30.3 Å². The molecule has 29 heavy (non-hydrogen) atoms. The molecule has 154 valence electrons. The number of rotatable bonds is 6. The van der Waals surface area contributed by atoms with Gasteiger partial charge >= 0.3 is 0 Å². The summed E-state index contributed by atoms with van der Waals surface area (Å²) in [5.74, 6) is 1.02. The molecule has 1 aromatic heterocycles. The Kier molecular flexibility index (Phi) is 6.11. The molecule has 0 bridgehead atoms. The van der Waals surface area contributed by atoms with Crippen molar-refractivity contribution in [3.8, 4) is 5.75 Å². The van der Waals surface area contributed by atoms with E-state index in [1.165, 1.54) is 0 Å². The molecule has 0 radical (unpaired) electrons. The average Bonchev–Trinajstić information content (AvgIpc) is 3.10. The first-order valence-electron chi connectivity index (χ1n) is 10.3. The second kappa shape index (κ2) is 8.93. The molecule has 6 heteroatoms. The summed E-state index contributed by atoms with van der Waals surface area (Å²) in [6, 6.07) is 12.0. The molecule has 1 atom stereocenters. The lowest BCUT2D eigenvalue weighted by Crippen LogP contribution is -2.44. The summed E-state index contributed by atoms with van der Waals surface area (Å²) >= 11 is 0. The van der Waals surface area contributed by atoms with Gasteiger partial charge in [0.25, 0.3) is 0 Å². The van der Waals surface area contributed by atoms with Crippen molar-refractivity contribution in [1.29, 1.82) is 0 Å². The molecule has 1 aromatic carbocycles. The number of likely N-dealkylation sites (tertiary alicyclic amines) is 1. The molecule has 6 nitrogen and oxygen atoms in total. The van der Waals surface area contributed by atoms with Gasteiger partial charge in [0, 0.05) is 62.8 Å². The Morgan fingerprint density at radius 1 is 1.24 bits per heavy atom. The Bertz CT molecular complexity index is 821. The average molecular weight is 396 g/mol. The van der Waals surface area contributed by atoms with Gasteiger partial charge in [0.05, 0.1) is 13.0 Å². The van der Waals surface area contributed by atoms with Crippen LogP contribution in [0.1, 0.15) is 24.0 Å². The first-order valence-corrected chi connectivity index (χ1v) is 10.3. The molecule has 2 fully saturated rings. The molecular weight excluding hydrogens is 366 g/mol. The van der Waals surface area contributed by atoms with Gasteiger partial charge < -0.3 is 14.8 Å². The summed E-state index contributed by atoms with van der Waals surface area (Å²) in [5.41, 5.74) is 2.22. The molecule has 4 rings (SSSR count). The van der Waals surface area contributed by atoms with Crippen molar-refractivity contribution in [2.45, 2.75) is 25.9 Å². The van der Waals surface area contributed by atoms with Crippen LogP contribution in [0.5, 0.6) is 5.75 Å². The lowest BCUT2D eigenvalue weighted by atomic mass is 9.71. The Morgan fingerprint density at radius 2 is 2.00 bits per heavy atom. The van der Waals surface area contributed by atoms with Crippen molar-refractivity contribution in [2.24, 2.45) is 11.3 Å². The fourth-order valence-electron chi connectivity index (χ4n) is 4.73. The fraction of sp³-hybridized carbons (Fsp3) is 0.478. The van der Waals surface area contributed by atoms with Crippen LogP contribution in [-0.2, 0) is 22.6 Å². The minimum Gasteiger partial charge on any atom is -0.496 e. The summed E-state index contributed by atoms with van der Waals surface area (Å²) in [5, 5.41) is 3.16. The highest BCUT2D eigenvalue weighted by atomic mass is 16.5. The van der Waals surface area contributed by atoms with Gasteiger partial charge in [-0.2, -0.15) is 0 Å². The largest absolute Gasteiger partial charge is 0.496 e. The quantitative estimate of drug-likeness (QED) is 0.815. The van der Waals surface area contributed by atoms with E-state index in [2.05, 4.69) is 21.3 Å². The maximum absolute atomic E-state index is 13.2. The highest BCUT2D eigenvalue weighted by Gasteiger charge is 2.50. The molecule has 1 unspecified atom stereocenters. The summed E-state index contributed by atoms with van der Waals surface area (Å²) in [4.78, 5) is 19.6. The summed E-state index contributed by atoms with van der Waals surface area (Å²) in [7, 11) is 1.71. The number of nitrogens with one attached hydrogen (secondary N) is 1. The third-order valence-corrected chi connectivity index (χ3v) is 6.33. The minimum atomic E-state index is -0.0251. The maximum Gasteiger partial charge on any atom is 0.225 e. The van der Waals surface area contributed by atoms with Crippen LogP contribution in [0.3, 0.4) is 0 Å².